The fourth-order valence-corrected chi connectivity index (χ4v) is 4.59. The van der Waals surface area contributed by atoms with Crippen molar-refractivity contribution in [3.05, 3.63) is 72.1 Å². The predicted molar refractivity (Wildman–Crippen MR) is 135 cm³/mol. The minimum Gasteiger partial charge on any atom is -0.469 e. The van der Waals surface area contributed by atoms with Gasteiger partial charge in [0.2, 0.25) is 5.91 Å². The van der Waals surface area contributed by atoms with Crippen LogP contribution in [0.25, 0.3) is 11.1 Å². The van der Waals surface area contributed by atoms with E-state index in [0.29, 0.717) is 23.4 Å². The number of rotatable bonds is 9. The summed E-state index contributed by atoms with van der Waals surface area (Å²) in [5, 5.41) is 2.96. The van der Waals surface area contributed by atoms with Crippen LogP contribution < -0.4 is 16.8 Å². The van der Waals surface area contributed by atoms with E-state index in [0.717, 1.165) is 37.1 Å². The summed E-state index contributed by atoms with van der Waals surface area (Å²) in [6.07, 6.45) is 2.55. The number of nitrogens with one attached hydrogen (secondary N) is 1. The number of carbonyl (C=O) groups excluding carboxylic acids is 3. The van der Waals surface area contributed by atoms with Crippen LogP contribution in [-0.2, 0) is 9.53 Å². The molecule has 3 atom stereocenters. The number of esters is 1. The molecule has 1 fully saturated rings. The summed E-state index contributed by atoms with van der Waals surface area (Å²) in [4.78, 5) is 39.0. The number of benzene rings is 2. The molecule has 8 heteroatoms. The van der Waals surface area contributed by atoms with Crippen molar-refractivity contribution in [3.8, 4) is 11.1 Å². The van der Waals surface area contributed by atoms with E-state index in [1.165, 1.54) is 7.11 Å². The fourth-order valence-electron chi connectivity index (χ4n) is 4.59. The molecule has 5 N–H and O–H groups in total. The Morgan fingerprint density at radius 2 is 1.83 bits per heavy atom. The van der Waals surface area contributed by atoms with Crippen molar-refractivity contribution >= 4 is 17.8 Å². The van der Waals surface area contributed by atoms with E-state index in [-0.39, 0.29) is 17.8 Å². The number of likely N-dealkylation sites (tertiary alicyclic amines) is 1. The molecule has 35 heavy (non-hydrogen) atoms. The molecule has 0 spiro atoms. The summed E-state index contributed by atoms with van der Waals surface area (Å²) in [6, 6.07) is 13.6. The van der Waals surface area contributed by atoms with Crippen molar-refractivity contribution in [3.63, 3.8) is 0 Å². The third-order valence-electron chi connectivity index (χ3n) is 6.61. The van der Waals surface area contributed by atoms with E-state index in [1.807, 2.05) is 30.0 Å². The number of carbonyl (C=O) groups is 3. The maximum atomic E-state index is 12.9. The number of hydrogen-bond acceptors (Lipinski definition) is 6. The van der Waals surface area contributed by atoms with Gasteiger partial charge < -0.3 is 26.4 Å². The fraction of sp³-hybridized carbons (Fsp3) is 0.370. The third kappa shape index (κ3) is 6.62. The molecule has 8 nitrogen and oxygen atoms in total. The van der Waals surface area contributed by atoms with E-state index in [4.69, 9.17) is 16.2 Å². The number of nitrogens with two attached hydrogens (primary N) is 2. The van der Waals surface area contributed by atoms with Gasteiger partial charge in [0.25, 0.3) is 5.91 Å². The van der Waals surface area contributed by atoms with Crippen molar-refractivity contribution in [2.24, 2.45) is 23.3 Å². The number of hydrogen-bond donors (Lipinski definition) is 3. The molecule has 1 aliphatic rings. The summed E-state index contributed by atoms with van der Waals surface area (Å²) in [5.74, 6) is -0.796. The lowest BCUT2D eigenvalue weighted by Crippen LogP contribution is -2.44. The van der Waals surface area contributed by atoms with Gasteiger partial charge in [0, 0.05) is 30.3 Å². The summed E-state index contributed by atoms with van der Waals surface area (Å²) in [6.45, 7) is 7.25. The number of piperidine rings is 1. The Kier molecular flexibility index (Phi) is 8.52. The highest BCUT2D eigenvalue weighted by Crippen LogP contribution is 2.27. The SMILES string of the molecule is C=C(N)N1CCCC(C[C@@H](C(=O)OC)[C@@H](C)NC(=O)c2ccc(-c3cccc(C(N)=O)c3)cc2)C1. The molecule has 0 aromatic heterocycles. The van der Waals surface area contributed by atoms with Crippen LogP contribution in [0.1, 0.15) is 46.9 Å². The normalized spacial score (nSPS) is 17.2. The van der Waals surface area contributed by atoms with Gasteiger partial charge in [0.05, 0.1) is 18.8 Å². The average Bonchev–Trinajstić information content (AvgIpc) is 2.87. The first kappa shape index (κ1) is 25.8. The van der Waals surface area contributed by atoms with Crippen LogP contribution in [0, 0.1) is 11.8 Å². The molecular formula is C27H34N4O4. The molecule has 186 valence electrons. The van der Waals surface area contributed by atoms with Crippen molar-refractivity contribution in [1.29, 1.82) is 0 Å². The minimum atomic E-state index is -0.495. The van der Waals surface area contributed by atoms with Gasteiger partial charge in [0.15, 0.2) is 0 Å². The van der Waals surface area contributed by atoms with Gasteiger partial charge in [-0.3, -0.25) is 14.4 Å². The average molecular weight is 479 g/mol. The molecule has 1 unspecified atom stereocenters. The summed E-state index contributed by atoms with van der Waals surface area (Å²) in [5.41, 5.74) is 13.8. The Balaban J connectivity index is 1.67. The van der Waals surface area contributed by atoms with Crippen molar-refractivity contribution in [1.82, 2.24) is 10.2 Å². The van der Waals surface area contributed by atoms with E-state index in [9.17, 15) is 14.4 Å². The Morgan fingerprint density at radius 3 is 2.46 bits per heavy atom. The monoisotopic (exact) mass is 478 g/mol. The first-order valence-corrected chi connectivity index (χ1v) is 11.8. The summed E-state index contributed by atoms with van der Waals surface area (Å²) in [7, 11) is 1.37. The molecule has 0 radical (unpaired) electrons. The molecule has 1 saturated heterocycles. The second-order valence-electron chi connectivity index (χ2n) is 9.10. The molecule has 1 heterocycles. The number of primary amides is 1. The molecule has 1 aliphatic heterocycles. The van der Waals surface area contributed by atoms with Gasteiger partial charge in [-0.15, -0.1) is 0 Å². The van der Waals surface area contributed by atoms with Gasteiger partial charge in [-0.25, -0.2) is 0 Å². The van der Waals surface area contributed by atoms with Gasteiger partial charge in [-0.05, 0) is 67.5 Å². The predicted octanol–water partition coefficient (Wildman–Crippen LogP) is 2.89. The van der Waals surface area contributed by atoms with Crippen LogP contribution in [0.5, 0.6) is 0 Å². The van der Waals surface area contributed by atoms with E-state index in [2.05, 4.69) is 11.9 Å². The number of methoxy groups -OCH3 is 1. The molecule has 0 aliphatic carbocycles. The zero-order valence-electron chi connectivity index (χ0n) is 20.3. The number of ether oxygens (including phenoxy) is 1. The van der Waals surface area contributed by atoms with Crippen LogP contribution in [0.2, 0.25) is 0 Å². The third-order valence-corrected chi connectivity index (χ3v) is 6.61. The summed E-state index contributed by atoms with van der Waals surface area (Å²) >= 11 is 0. The van der Waals surface area contributed by atoms with Crippen molar-refractivity contribution in [2.45, 2.75) is 32.2 Å². The zero-order chi connectivity index (χ0) is 25.5. The van der Waals surface area contributed by atoms with Gasteiger partial charge in [-0.1, -0.05) is 30.8 Å². The molecule has 3 rings (SSSR count). The molecular weight excluding hydrogens is 444 g/mol. The number of nitrogens with zero attached hydrogens (tertiary/aromatic N) is 1. The summed E-state index contributed by atoms with van der Waals surface area (Å²) < 4.78 is 5.05. The van der Waals surface area contributed by atoms with Gasteiger partial charge in [-0.2, -0.15) is 0 Å². The van der Waals surface area contributed by atoms with Crippen LogP contribution in [0.15, 0.2) is 60.9 Å². The maximum absolute atomic E-state index is 12.9. The largest absolute Gasteiger partial charge is 0.469 e. The highest BCUT2D eigenvalue weighted by atomic mass is 16.5. The van der Waals surface area contributed by atoms with Crippen LogP contribution in [0.4, 0.5) is 0 Å². The van der Waals surface area contributed by atoms with Crippen molar-refractivity contribution < 1.29 is 19.1 Å². The minimum absolute atomic E-state index is 0.253. The smallest absolute Gasteiger partial charge is 0.310 e. The van der Waals surface area contributed by atoms with Crippen LogP contribution >= 0.6 is 0 Å². The van der Waals surface area contributed by atoms with E-state index < -0.39 is 17.9 Å². The molecule has 2 aromatic carbocycles. The first-order valence-electron chi connectivity index (χ1n) is 11.8. The Labute approximate surface area is 206 Å². The Hall–Kier alpha value is -3.81. The zero-order valence-corrected chi connectivity index (χ0v) is 20.3. The first-order chi connectivity index (χ1) is 16.7. The second kappa shape index (κ2) is 11.6. The van der Waals surface area contributed by atoms with Crippen LogP contribution in [-0.4, -0.2) is 48.9 Å². The van der Waals surface area contributed by atoms with E-state index in [1.54, 1.807) is 30.3 Å². The van der Waals surface area contributed by atoms with Crippen LogP contribution in [0.3, 0.4) is 0 Å². The van der Waals surface area contributed by atoms with Crippen molar-refractivity contribution in [2.75, 3.05) is 20.2 Å². The van der Waals surface area contributed by atoms with Gasteiger partial charge in [0.1, 0.15) is 0 Å². The second-order valence-corrected chi connectivity index (χ2v) is 9.10. The lowest BCUT2D eigenvalue weighted by Gasteiger charge is -2.36. The molecule has 0 saturated carbocycles. The standard InChI is InChI=1S/C27H34N4O4/c1-17(24(27(34)35-3)14-19-6-5-13-31(16-19)18(2)28)30-26(33)21-11-9-20(10-12-21)22-7-4-8-23(15-22)25(29)32/h4,7-12,15,17,19,24H,2,5-6,13-14,16,28H2,1,3H3,(H2,29,32)(H,30,33)/t17-,19?,24-/m1/s1. The molecule has 2 aromatic rings. The number of amides is 2. The highest BCUT2D eigenvalue weighted by Gasteiger charge is 2.32. The molecule has 2 amide bonds. The maximum Gasteiger partial charge on any atom is 0.310 e. The Morgan fingerprint density at radius 1 is 1.11 bits per heavy atom. The van der Waals surface area contributed by atoms with Gasteiger partial charge >= 0.3 is 5.97 Å². The molecule has 0 bridgehead atoms. The Bertz CT molecular complexity index is 1080. The van der Waals surface area contributed by atoms with E-state index >= 15 is 0 Å². The lowest BCUT2D eigenvalue weighted by molar-refractivity contribution is -0.147. The highest BCUT2D eigenvalue weighted by molar-refractivity contribution is 5.96. The lowest BCUT2D eigenvalue weighted by atomic mass is 9.85. The quantitative estimate of drug-likeness (QED) is 0.476. The topological polar surface area (TPSA) is 128 Å².